The van der Waals surface area contributed by atoms with Gasteiger partial charge in [0.05, 0.1) is 14.0 Å². The van der Waals surface area contributed by atoms with E-state index in [1.54, 1.807) is 29.8 Å². The number of pyridine rings is 1. The van der Waals surface area contributed by atoms with Crippen molar-refractivity contribution in [1.82, 2.24) is 14.9 Å². The Morgan fingerprint density at radius 1 is 1.19 bits per heavy atom. The minimum absolute atomic E-state index is 0.172. The van der Waals surface area contributed by atoms with Crippen molar-refractivity contribution in [1.29, 1.82) is 0 Å². The summed E-state index contributed by atoms with van der Waals surface area (Å²) in [5.74, 6) is -0.459. The SMILES string of the molecule is O=C(NCc1cccnc1)c1cc2sc(Br)cc2n1Cc1cccc(F)c1. The molecule has 1 N–H and O–H groups in total. The van der Waals surface area contributed by atoms with E-state index in [-0.39, 0.29) is 11.7 Å². The van der Waals surface area contributed by atoms with Crippen LogP contribution in [-0.4, -0.2) is 15.5 Å². The van der Waals surface area contributed by atoms with Gasteiger partial charge in [-0.2, -0.15) is 0 Å². The first-order valence-electron chi connectivity index (χ1n) is 8.30. The lowest BCUT2D eigenvalue weighted by Gasteiger charge is -2.11. The van der Waals surface area contributed by atoms with E-state index in [9.17, 15) is 9.18 Å². The van der Waals surface area contributed by atoms with Gasteiger partial charge in [0.1, 0.15) is 11.5 Å². The molecule has 0 aliphatic carbocycles. The minimum Gasteiger partial charge on any atom is -0.347 e. The van der Waals surface area contributed by atoms with E-state index in [4.69, 9.17) is 0 Å². The normalized spacial score (nSPS) is 11.0. The van der Waals surface area contributed by atoms with Gasteiger partial charge in [0, 0.05) is 25.5 Å². The van der Waals surface area contributed by atoms with Crippen molar-refractivity contribution in [3.8, 4) is 0 Å². The highest BCUT2D eigenvalue weighted by molar-refractivity contribution is 9.11. The van der Waals surface area contributed by atoms with E-state index in [0.717, 1.165) is 25.1 Å². The summed E-state index contributed by atoms with van der Waals surface area (Å²) in [6, 6.07) is 14.0. The van der Waals surface area contributed by atoms with Crippen LogP contribution >= 0.6 is 27.3 Å². The average molecular weight is 444 g/mol. The first-order valence-corrected chi connectivity index (χ1v) is 9.91. The van der Waals surface area contributed by atoms with Crippen LogP contribution < -0.4 is 5.32 Å². The lowest BCUT2D eigenvalue weighted by atomic mass is 10.2. The number of hydrogen-bond donors (Lipinski definition) is 1. The summed E-state index contributed by atoms with van der Waals surface area (Å²) in [7, 11) is 0. The third-order valence-corrected chi connectivity index (χ3v) is 5.77. The number of amides is 1. The monoisotopic (exact) mass is 443 g/mol. The highest BCUT2D eigenvalue weighted by Crippen LogP contribution is 2.33. The molecule has 1 amide bonds. The first-order chi connectivity index (χ1) is 13.1. The molecule has 3 aromatic heterocycles. The van der Waals surface area contributed by atoms with E-state index in [0.29, 0.717) is 18.8 Å². The number of carbonyl (C=O) groups excluding carboxylic acids is 1. The minimum atomic E-state index is -0.287. The van der Waals surface area contributed by atoms with Crippen LogP contribution in [0.5, 0.6) is 0 Å². The molecule has 0 aliphatic heterocycles. The van der Waals surface area contributed by atoms with E-state index < -0.39 is 0 Å². The van der Waals surface area contributed by atoms with E-state index in [2.05, 4.69) is 26.2 Å². The van der Waals surface area contributed by atoms with Crippen LogP contribution in [0.2, 0.25) is 0 Å². The number of aromatic nitrogens is 2. The number of thiophene rings is 1. The van der Waals surface area contributed by atoms with Gasteiger partial charge in [-0.3, -0.25) is 9.78 Å². The van der Waals surface area contributed by atoms with Gasteiger partial charge in [-0.05, 0) is 57.4 Å². The summed E-state index contributed by atoms with van der Waals surface area (Å²) in [6.07, 6.45) is 3.42. The van der Waals surface area contributed by atoms with Crippen LogP contribution in [0, 0.1) is 5.82 Å². The second-order valence-electron chi connectivity index (χ2n) is 6.09. The maximum atomic E-state index is 13.6. The number of benzene rings is 1. The molecule has 0 fully saturated rings. The Balaban J connectivity index is 1.65. The van der Waals surface area contributed by atoms with Crippen molar-refractivity contribution in [3.63, 3.8) is 0 Å². The number of fused-ring (bicyclic) bond motifs is 1. The number of nitrogens with zero attached hydrogens (tertiary/aromatic N) is 2. The van der Waals surface area contributed by atoms with Crippen LogP contribution in [0.15, 0.2) is 64.7 Å². The molecule has 0 saturated carbocycles. The molecular weight excluding hydrogens is 429 g/mol. The third-order valence-electron chi connectivity index (χ3n) is 4.20. The summed E-state index contributed by atoms with van der Waals surface area (Å²) in [5.41, 5.74) is 3.23. The van der Waals surface area contributed by atoms with Crippen molar-refractivity contribution in [2.24, 2.45) is 0 Å². The van der Waals surface area contributed by atoms with E-state index in [1.165, 1.54) is 12.1 Å². The number of nitrogens with one attached hydrogen (secondary N) is 1. The molecule has 0 radical (unpaired) electrons. The molecule has 0 unspecified atom stereocenters. The average Bonchev–Trinajstić information content (AvgIpc) is 3.18. The Labute approximate surface area is 167 Å². The number of carbonyl (C=O) groups is 1. The van der Waals surface area contributed by atoms with Crippen molar-refractivity contribution in [3.05, 3.63) is 87.3 Å². The van der Waals surface area contributed by atoms with Crippen molar-refractivity contribution in [2.75, 3.05) is 0 Å². The maximum absolute atomic E-state index is 13.6. The van der Waals surface area contributed by atoms with Crippen LogP contribution in [-0.2, 0) is 13.1 Å². The summed E-state index contributed by atoms with van der Waals surface area (Å²) in [6.45, 7) is 0.815. The molecule has 0 aliphatic rings. The van der Waals surface area contributed by atoms with Crippen LogP contribution in [0.3, 0.4) is 0 Å². The van der Waals surface area contributed by atoms with E-state index in [1.807, 2.05) is 34.9 Å². The lowest BCUT2D eigenvalue weighted by Crippen LogP contribution is -2.25. The summed E-state index contributed by atoms with van der Waals surface area (Å²) in [5, 5.41) is 2.94. The molecule has 27 heavy (non-hydrogen) atoms. The van der Waals surface area contributed by atoms with Gasteiger partial charge in [0.15, 0.2) is 0 Å². The largest absolute Gasteiger partial charge is 0.347 e. The maximum Gasteiger partial charge on any atom is 0.268 e. The topological polar surface area (TPSA) is 46.9 Å². The Bertz CT molecular complexity index is 1110. The quantitative estimate of drug-likeness (QED) is 0.472. The first kappa shape index (κ1) is 17.9. The molecule has 0 atom stereocenters. The van der Waals surface area contributed by atoms with Crippen LogP contribution in [0.1, 0.15) is 21.6 Å². The van der Waals surface area contributed by atoms with Gasteiger partial charge in [0.2, 0.25) is 0 Å². The standard InChI is InChI=1S/C20H15BrFN3OS/c21-19-9-16-18(27-19)8-17(20(26)24-11-14-4-2-6-23-10-14)25(16)12-13-3-1-5-15(22)7-13/h1-10H,11-12H2,(H,24,26). The second kappa shape index (κ2) is 7.62. The second-order valence-corrected chi connectivity index (χ2v) is 8.55. The number of halogens is 2. The summed E-state index contributed by atoms with van der Waals surface area (Å²) < 4.78 is 17.5. The zero-order chi connectivity index (χ0) is 18.8. The molecule has 3 heterocycles. The molecule has 4 nitrogen and oxygen atoms in total. The number of rotatable bonds is 5. The van der Waals surface area contributed by atoms with Gasteiger partial charge >= 0.3 is 0 Å². The van der Waals surface area contributed by atoms with Crippen LogP contribution in [0.4, 0.5) is 4.39 Å². The Morgan fingerprint density at radius 3 is 2.81 bits per heavy atom. The van der Waals surface area contributed by atoms with Crippen LogP contribution in [0.25, 0.3) is 10.2 Å². The Kier molecular flexibility index (Phi) is 5.05. The molecule has 0 bridgehead atoms. The van der Waals surface area contributed by atoms with Gasteiger partial charge in [-0.25, -0.2) is 4.39 Å². The molecule has 1 aromatic carbocycles. The van der Waals surface area contributed by atoms with Gasteiger partial charge in [-0.15, -0.1) is 11.3 Å². The summed E-state index contributed by atoms with van der Waals surface area (Å²) >= 11 is 5.06. The molecular formula is C20H15BrFN3OS. The Morgan fingerprint density at radius 2 is 2.04 bits per heavy atom. The van der Waals surface area contributed by atoms with E-state index >= 15 is 0 Å². The smallest absolute Gasteiger partial charge is 0.268 e. The molecule has 4 aromatic rings. The van der Waals surface area contributed by atoms with Gasteiger partial charge < -0.3 is 9.88 Å². The predicted octanol–water partition coefficient (Wildman–Crippen LogP) is 4.98. The molecule has 7 heteroatoms. The third kappa shape index (κ3) is 3.94. The molecule has 0 saturated heterocycles. The Hall–Kier alpha value is -2.51. The predicted molar refractivity (Wildman–Crippen MR) is 108 cm³/mol. The van der Waals surface area contributed by atoms with Crippen molar-refractivity contribution < 1.29 is 9.18 Å². The highest BCUT2D eigenvalue weighted by Gasteiger charge is 2.18. The summed E-state index contributed by atoms with van der Waals surface area (Å²) in [4.78, 5) is 16.9. The molecule has 4 rings (SSSR count). The van der Waals surface area contributed by atoms with Gasteiger partial charge in [0.25, 0.3) is 5.91 Å². The fourth-order valence-corrected chi connectivity index (χ4v) is 4.53. The van der Waals surface area contributed by atoms with Crippen molar-refractivity contribution >= 4 is 43.4 Å². The fourth-order valence-electron chi connectivity index (χ4n) is 2.96. The lowest BCUT2D eigenvalue weighted by molar-refractivity contribution is 0.0942. The molecule has 0 spiro atoms. The fraction of sp³-hybridized carbons (Fsp3) is 0.100. The molecule has 136 valence electrons. The van der Waals surface area contributed by atoms with Crippen molar-refractivity contribution in [2.45, 2.75) is 13.1 Å². The zero-order valence-corrected chi connectivity index (χ0v) is 16.6. The van der Waals surface area contributed by atoms with Gasteiger partial charge in [-0.1, -0.05) is 18.2 Å². The highest BCUT2D eigenvalue weighted by atomic mass is 79.9. The zero-order valence-electron chi connectivity index (χ0n) is 14.2. The number of hydrogen-bond acceptors (Lipinski definition) is 3.